The molecule has 0 spiro atoms. The summed E-state index contributed by atoms with van der Waals surface area (Å²) in [6.45, 7) is 3.69. The lowest BCUT2D eigenvalue weighted by molar-refractivity contribution is -0.144. The summed E-state index contributed by atoms with van der Waals surface area (Å²) in [6, 6.07) is 1.96. The van der Waals surface area contributed by atoms with Gasteiger partial charge in [0.25, 0.3) is 5.91 Å². The Balaban J connectivity index is 2.88. The number of nitrogens with zero attached hydrogens (tertiary/aromatic N) is 1. The Morgan fingerprint density at radius 1 is 1.53 bits per heavy atom. The molecule has 19 heavy (non-hydrogen) atoms. The van der Waals surface area contributed by atoms with Gasteiger partial charge in [-0.25, -0.2) is 9.78 Å². The fourth-order valence-corrected chi connectivity index (χ4v) is 1.57. The highest BCUT2D eigenvalue weighted by Gasteiger charge is 2.27. The van der Waals surface area contributed by atoms with Gasteiger partial charge in [0.05, 0.1) is 12.7 Å². The van der Waals surface area contributed by atoms with Crippen LogP contribution in [0.4, 0.5) is 4.39 Å². The predicted molar refractivity (Wildman–Crippen MR) is 66.9 cm³/mol. The van der Waals surface area contributed by atoms with Crippen molar-refractivity contribution >= 4 is 11.9 Å². The number of esters is 1. The molecule has 0 aliphatic rings. The number of ether oxygens (including phenoxy) is 1. The van der Waals surface area contributed by atoms with Crippen LogP contribution in [-0.4, -0.2) is 30.0 Å². The van der Waals surface area contributed by atoms with E-state index in [1.54, 1.807) is 0 Å². The first kappa shape index (κ1) is 15.1. The number of hydrogen-bond donors (Lipinski definition) is 1. The maximum absolute atomic E-state index is 13.4. The zero-order valence-electron chi connectivity index (χ0n) is 11.1. The van der Waals surface area contributed by atoms with E-state index in [-0.39, 0.29) is 11.5 Å². The Morgan fingerprint density at radius 2 is 2.21 bits per heavy atom. The van der Waals surface area contributed by atoms with E-state index in [0.717, 1.165) is 0 Å². The van der Waals surface area contributed by atoms with Crippen LogP contribution in [0.1, 0.15) is 30.6 Å². The van der Waals surface area contributed by atoms with Gasteiger partial charge in [0.2, 0.25) is 5.95 Å². The van der Waals surface area contributed by atoms with E-state index in [4.69, 9.17) is 0 Å². The standard InChI is InChI=1S/C13H17FN2O3/c1-4-8(2)10(13(18)19-3)16-12(17)9-6-5-7-15-11(9)14/h5-8,10H,4H2,1-3H3,(H,16,17). The van der Waals surface area contributed by atoms with Crippen LogP contribution < -0.4 is 5.32 Å². The summed E-state index contributed by atoms with van der Waals surface area (Å²) >= 11 is 0. The predicted octanol–water partition coefficient (Wildman–Crippen LogP) is 1.54. The SMILES string of the molecule is CCC(C)C(NC(=O)c1cccnc1F)C(=O)OC. The fraction of sp³-hybridized carbons (Fsp3) is 0.462. The number of pyridine rings is 1. The van der Waals surface area contributed by atoms with E-state index in [0.29, 0.717) is 6.42 Å². The van der Waals surface area contributed by atoms with Crippen molar-refractivity contribution in [2.24, 2.45) is 5.92 Å². The van der Waals surface area contributed by atoms with Crippen molar-refractivity contribution in [2.75, 3.05) is 7.11 Å². The third-order valence-electron chi connectivity index (χ3n) is 2.96. The Kier molecular flexibility index (Phi) is 5.41. The maximum atomic E-state index is 13.4. The van der Waals surface area contributed by atoms with Crippen LogP contribution in [0, 0.1) is 11.9 Å². The van der Waals surface area contributed by atoms with E-state index >= 15 is 0 Å². The fourth-order valence-electron chi connectivity index (χ4n) is 1.57. The topological polar surface area (TPSA) is 68.3 Å². The zero-order valence-corrected chi connectivity index (χ0v) is 11.1. The Morgan fingerprint density at radius 3 is 2.74 bits per heavy atom. The first-order chi connectivity index (χ1) is 9.01. The Bertz CT molecular complexity index is 465. The molecular formula is C13H17FN2O3. The number of carbonyl (C=O) groups excluding carboxylic acids is 2. The molecule has 1 aromatic heterocycles. The second kappa shape index (κ2) is 6.82. The van der Waals surface area contributed by atoms with Crippen LogP contribution in [0.2, 0.25) is 0 Å². The number of methoxy groups -OCH3 is 1. The first-order valence-electron chi connectivity index (χ1n) is 6.00. The van der Waals surface area contributed by atoms with Crippen molar-refractivity contribution in [1.29, 1.82) is 0 Å². The van der Waals surface area contributed by atoms with Crippen LogP contribution in [-0.2, 0) is 9.53 Å². The zero-order chi connectivity index (χ0) is 14.4. The quantitative estimate of drug-likeness (QED) is 0.649. The molecule has 0 saturated carbocycles. The molecule has 0 aliphatic carbocycles. The van der Waals surface area contributed by atoms with Gasteiger partial charge < -0.3 is 10.1 Å². The molecule has 5 nitrogen and oxygen atoms in total. The van der Waals surface area contributed by atoms with Crippen LogP contribution >= 0.6 is 0 Å². The molecule has 1 rings (SSSR count). The largest absolute Gasteiger partial charge is 0.467 e. The highest BCUT2D eigenvalue weighted by molar-refractivity contribution is 5.96. The van der Waals surface area contributed by atoms with Crippen molar-refractivity contribution in [1.82, 2.24) is 10.3 Å². The van der Waals surface area contributed by atoms with E-state index < -0.39 is 23.9 Å². The molecule has 0 saturated heterocycles. The number of halogens is 1. The summed E-state index contributed by atoms with van der Waals surface area (Å²) in [5.41, 5.74) is -0.195. The molecule has 0 radical (unpaired) electrons. The molecule has 0 aliphatic heterocycles. The number of carbonyl (C=O) groups is 2. The molecule has 1 heterocycles. The molecule has 0 bridgehead atoms. The molecule has 1 amide bonds. The number of amides is 1. The van der Waals surface area contributed by atoms with Gasteiger partial charge in [0.15, 0.2) is 0 Å². The normalized spacial score (nSPS) is 13.5. The number of rotatable bonds is 5. The van der Waals surface area contributed by atoms with E-state index in [1.165, 1.54) is 25.4 Å². The van der Waals surface area contributed by atoms with Gasteiger partial charge in [0, 0.05) is 6.20 Å². The molecular weight excluding hydrogens is 251 g/mol. The summed E-state index contributed by atoms with van der Waals surface area (Å²) < 4.78 is 18.0. The van der Waals surface area contributed by atoms with Gasteiger partial charge >= 0.3 is 5.97 Å². The highest BCUT2D eigenvalue weighted by atomic mass is 19.1. The third kappa shape index (κ3) is 3.74. The van der Waals surface area contributed by atoms with Gasteiger partial charge in [-0.3, -0.25) is 4.79 Å². The van der Waals surface area contributed by atoms with Gasteiger partial charge in [-0.15, -0.1) is 0 Å². The molecule has 2 atom stereocenters. The monoisotopic (exact) mass is 268 g/mol. The van der Waals surface area contributed by atoms with E-state index in [9.17, 15) is 14.0 Å². The van der Waals surface area contributed by atoms with Crippen molar-refractivity contribution in [3.05, 3.63) is 29.8 Å². The summed E-state index contributed by atoms with van der Waals surface area (Å²) in [6.07, 6.45) is 1.92. The second-order valence-corrected chi connectivity index (χ2v) is 4.20. The second-order valence-electron chi connectivity index (χ2n) is 4.20. The van der Waals surface area contributed by atoms with Crippen LogP contribution in [0.3, 0.4) is 0 Å². The van der Waals surface area contributed by atoms with E-state index in [2.05, 4.69) is 15.0 Å². The van der Waals surface area contributed by atoms with Crippen molar-refractivity contribution in [3.63, 3.8) is 0 Å². The molecule has 0 fully saturated rings. The minimum atomic E-state index is -0.868. The lowest BCUT2D eigenvalue weighted by atomic mass is 9.99. The minimum absolute atomic E-state index is 0.115. The van der Waals surface area contributed by atoms with Gasteiger partial charge in [-0.2, -0.15) is 4.39 Å². The third-order valence-corrected chi connectivity index (χ3v) is 2.96. The number of hydrogen-bond acceptors (Lipinski definition) is 4. The molecule has 2 unspecified atom stereocenters. The van der Waals surface area contributed by atoms with Gasteiger partial charge in [-0.1, -0.05) is 20.3 Å². The Hall–Kier alpha value is -1.98. The average molecular weight is 268 g/mol. The lowest BCUT2D eigenvalue weighted by Crippen LogP contribution is -2.45. The van der Waals surface area contributed by atoms with Gasteiger partial charge in [0.1, 0.15) is 6.04 Å². The molecule has 0 aromatic carbocycles. The number of nitrogens with one attached hydrogen (secondary N) is 1. The van der Waals surface area contributed by atoms with Crippen LogP contribution in [0.5, 0.6) is 0 Å². The minimum Gasteiger partial charge on any atom is -0.467 e. The van der Waals surface area contributed by atoms with Crippen LogP contribution in [0.15, 0.2) is 18.3 Å². The van der Waals surface area contributed by atoms with Crippen molar-refractivity contribution in [3.8, 4) is 0 Å². The molecule has 104 valence electrons. The van der Waals surface area contributed by atoms with Crippen LogP contribution in [0.25, 0.3) is 0 Å². The van der Waals surface area contributed by atoms with E-state index in [1.807, 2.05) is 13.8 Å². The first-order valence-corrected chi connectivity index (χ1v) is 6.00. The average Bonchev–Trinajstić information content (AvgIpc) is 2.43. The summed E-state index contributed by atoms with van der Waals surface area (Å²) in [4.78, 5) is 26.9. The molecule has 1 N–H and O–H groups in total. The summed E-state index contributed by atoms with van der Waals surface area (Å²) in [5, 5.41) is 2.48. The lowest BCUT2D eigenvalue weighted by Gasteiger charge is -2.21. The number of aromatic nitrogens is 1. The van der Waals surface area contributed by atoms with Crippen molar-refractivity contribution < 1.29 is 18.7 Å². The highest BCUT2D eigenvalue weighted by Crippen LogP contribution is 2.11. The Labute approximate surface area is 111 Å². The molecule has 1 aromatic rings. The smallest absolute Gasteiger partial charge is 0.328 e. The van der Waals surface area contributed by atoms with Gasteiger partial charge in [-0.05, 0) is 18.1 Å². The maximum Gasteiger partial charge on any atom is 0.328 e. The summed E-state index contributed by atoms with van der Waals surface area (Å²) in [7, 11) is 1.24. The van der Waals surface area contributed by atoms with Crippen molar-refractivity contribution in [2.45, 2.75) is 26.3 Å². The molecule has 6 heteroatoms. The summed E-state index contributed by atoms with van der Waals surface area (Å²) in [5.74, 6) is -2.21.